The van der Waals surface area contributed by atoms with Gasteiger partial charge in [0.2, 0.25) is 0 Å². The Labute approximate surface area is 92.7 Å². The fourth-order valence-corrected chi connectivity index (χ4v) is 1.35. The molecule has 0 spiro atoms. The van der Waals surface area contributed by atoms with Gasteiger partial charge in [-0.3, -0.25) is 4.98 Å². The number of esters is 1. The van der Waals surface area contributed by atoms with Crippen LogP contribution in [0.1, 0.15) is 16.2 Å². The molecule has 0 aliphatic rings. The van der Waals surface area contributed by atoms with Crippen molar-refractivity contribution >= 4 is 5.97 Å². The SMILES string of the molecule is COC(=O)c1ccn(-c2ccnc(C)c2)n1. The van der Waals surface area contributed by atoms with Gasteiger partial charge < -0.3 is 4.74 Å². The predicted molar refractivity (Wildman–Crippen MR) is 57.4 cm³/mol. The number of hydrogen-bond donors (Lipinski definition) is 0. The number of hydrogen-bond acceptors (Lipinski definition) is 4. The molecule has 16 heavy (non-hydrogen) atoms. The number of aryl methyl sites for hydroxylation is 1. The third-order valence-electron chi connectivity index (χ3n) is 2.13. The Morgan fingerprint density at radius 3 is 2.94 bits per heavy atom. The lowest BCUT2D eigenvalue weighted by molar-refractivity contribution is 0.0593. The summed E-state index contributed by atoms with van der Waals surface area (Å²) in [6, 6.07) is 5.32. The van der Waals surface area contributed by atoms with Crippen molar-refractivity contribution in [2.24, 2.45) is 0 Å². The number of methoxy groups -OCH3 is 1. The molecule has 0 atom stereocenters. The van der Waals surface area contributed by atoms with Crippen molar-refractivity contribution in [3.05, 3.63) is 42.0 Å². The zero-order valence-electron chi connectivity index (χ0n) is 9.04. The first-order chi connectivity index (χ1) is 7.70. The second-order valence-electron chi connectivity index (χ2n) is 3.29. The zero-order valence-corrected chi connectivity index (χ0v) is 9.04. The van der Waals surface area contributed by atoms with Crippen LogP contribution >= 0.6 is 0 Å². The predicted octanol–water partition coefficient (Wildman–Crippen LogP) is 1.36. The van der Waals surface area contributed by atoms with Gasteiger partial charge in [0.25, 0.3) is 0 Å². The summed E-state index contributed by atoms with van der Waals surface area (Å²) in [5.74, 6) is -0.440. The summed E-state index contributed by atoms with van der Waals surface area (Å²) in [6.45, 7) is 1.90. The van der Waals surface area contributed by atoms with Gasteiger partial charge >= 0.3 is 5.97 Å². The molecule has 5 heteroatoms. The largest absolute Gasteiger partial charge is 0.464 e. The fraction of sp³-hybridized carbons (Fsp3) is 0.182. The molecule has 0 saturated carbocycles. The lowest BCUT2D eigenvalue weighted by atomic mass is 10.3. The van der Waals surface area contributed by atoms with Crippen LogP contribution < -0.4 is 0 Å². The van der Waals surface area contributed by atoms with Crippen molar-refractivity contribution in [1.29, 1.82) is 0 Å². The van der Waals surface area contributed by atoms with Crippen molar-refractivity contribution in [1.82, 2.24) is 14.8 Å². The Morgan fingerprint density at radius 2 is 2.25 bits per heavy atom. The van der Waals surface area contributed by atoms with Crippen LogP contribution in [0.5, 0.6) is 0 Å². The summed E-state index contributed by atoms with van der Waals surface area (Å²) in [6.07, 6.45) is 3.41. The molecule has 82 valence electrons. The number of pyridine rings is 1. The molecule has 0 amide bonds. The average molecular weight is 217 g/mol. The molecule has 2 heterocycles. The molecule has 0 bridgehead atoms. The standard InChI is InChI=1S/C11H11N3O2/c1-8-7-9(3-5-12-8)14-6-4-10(13-14)11(15)16-2/h3-7H,1-2H3. The third kappa shape index (κ3) is 1.93. The Bertz CT molecular complexity index is 519. The highest BCUT2D eigenvalue weighted by molar-refractivity contribution is 5.86. The number of carbonyl (C=O) groups is 1. The van der Waals surface area contributed by atoms with E-state index in [0.29, 0.717) is 0 Å². The first-order valence-electron chi connectivity index (χ1n) is 4.78. The highest BCUT2D eigenvalue weighted by atomic mass is 16.5. The van der Waals surface area contributed by atoms with Crippen molar-refractivity contribution in [2.75, 3.05) is 7.11 Å². The van der Waals surface area contributed by atoms with Crippen LogP contribution in [0.15, 0.2) is 30.6 Å². The minimum Gasteiger partial charge on any atom is -0.464 e. The van der Waals surface area contributed by atoms with Crippen LogP contribution in [0.2, 0.25) is 0 Å². The second-order valence-corrected chi connectivity index (χ2v) is 3.29. The molecule has 0 aliphatic heterocycles. The maximum atomic E-state index is 11.2. The van der Waals surface area contributed by atoms with E-state index in [9.17, 15) is 4.79 Å². The molecule has 0 radical (unpaired) electrons. The second kappa shape index (κ2) is 4.14. The Balaban J connectivity index is 2.35. The van der Waals surface area contributed by atoms with E-state index >= 15 is 0 Å². The number of rotatable bonds is 2. The van der Waals surface area contributed by atoms with Crippen LogP contribution in [0.4, 0.5) is 0 Å². The maximum Gasteiger partial charge on any atom is 0.358 e. The highest BCUT2D eigenvalue weighted by Gasteiger charge is 2.09. The first-order valence-corrected chi connectivity index (χ1v) is 4.78. The molecule has 2 rings (SSSR count). The van der Waals surface area contributed by atoms with E-state index in [2.05, 4.69) is 14.8 Å². The van der Waals surface area contributed by atoms with Crippen molar-refractivity contribution in [2.45, 2.75) is 6.92 Å². The van der Waals surface area contributed by atoms with Gasteiger partial charge in [-0.05, 0) is 25.1 Å². The average Bonchev–Trinajstić information content (AvgIpc) is 2.77. The molecule has 0 N–H and O–H groups in total. The summed E-state index contributed by atoms with van der Waals surface area (Å²) in [5.41, 5.74) is 2.05. The van der Waals surface area contributed by atoms with E-state index in [1.807, 2.05) is 19.1 Å². The van der Waals surface area contributed by atoms with E-state index in [1.54, 1.807) is 23.1 Å². The van der Waals surface area contributed by atoms with Crippen LogP contribution in [-0.4, -0.2) is 27.8 Å². The lowest BCUT2D eigenvalue weighted by Crippen LogP contribution is -2.04. The van der Waals surface area contributed by atoms with Crippen molar-refractivity contribution in [3.63, 3.8) is 0 Å². The van der Waals surface area contributed by atoms with E-state index in [4.69, 9.17) is 0 Å². The molecule has 0 aromatic carbocycles. The van der Waals surface area contributed by atoms with Gasteiger partial charge in [0.05, 0.1) is 12.8 Å². The molecule has 0 unspecified atom stereocenters. The number of nitrogens with zero attached hydrogens (tertiary/aromatic N) is 3. The van der Waals surface area contributed by atoms with E-state index in [-0.39, 0.29) is 5.69 Å². The first kappa shape index (κ1) is 10.4. The third-order valence-corrected chi connectivity index (χ3v) is 2.13. The Kier molecular flexibility index (Phi) is 2.68. The van der Waals surface area contributed by atoms with Gasteiger partial charge in [-0.2, -0.15) is 5.10 Å². The topological polar surface area (TPSA) is 57.0 Å². The quantitative estimate of drug-likeness (QED) is 0.713. The molecular weight excluding hydrogens is 206 g/mol. The summed E-state index contributed by atoms with van der Waals surface area (Å²) < 4.78 is 6.19. The van der Waals surface area contributed by atoms with Gasteiger partial charge in [-0.15, -0.1) is 0 Å². The highest BCUT2D eigenvalue weighted by Crippen LogP contribution is 2.08. The van der Waals surface area contributed by atoms with E-state index < -0.39 is 5.97 Å². The van der Waals surface area contributed by atoms with Crippen LogP contribution in [-0.2, 0) is 4.74 Å². The molecule has 2 aromatic heterocycles. The molecule has 0 aliphatic carbocycles. The summed E-state index contributed by atoms with van der Waals surface area (Å²) in [4.78, 5) is 15.3. The molecule has 0 saturated heterocycles. The Morgan fingerprint density at radius 1 is 1.44 bits per heavy atom. The van der Waals surface area contributed by atoms with Gasteiger partial charge in [-0.1, -0.05) is 0 Å². The number of carbonyl (C=O) groups excluding carboxylic acids is 1. The summed E-state index contributed by atoms with van der Waals surface area (Å²) >= 11 is 0. The smallest absolute Gasteiger partial charge is 0.358 e. The van der Waals surface area contributed by atoms with E-state index in [0.717, 1.165) is 11.4 Å². The van der Waals surface area contributed by atoms with Gasteiger partial charge in [-0.25, -0.2) is 9.48 Å². The summed E-state index contributed by atoms with van der Waals surface area (Å²) in [7, 11) is 1.33. The van der Waals surface area contributed by atoms with E-state index in [1.165, 1.54) is 7.11 Å². The fourth-order valence-electron chi connectivity index (χ4n) is 1.35. The minimum absolute atomic E-state index is 0.289. The van der Waals surface area contributed by atoms with Crippen LogP contribution in [0.25, 0.3) is 5.69 Å². The minimum atomic E-state index is -0.440. The molecule has 2 aromatic rings. The van der Waals surface area contributed by atoms with Crippen LogP contribution in [0.3, 0.4) is 0 Å². The number of aromatic nitrogens is 3. The van der Waals surface area contributed by atoms with Crippen molar-refractivity contribution < 1.29 is 9.53 Å². The molecular formula is C11H11N3O2. The number of ether oxygens (including phenoxy) is 1. The molecule has 0 fully saturated rings. The monoisotopic (exact) mass is 217 g/mol. The normalized spacial score (nSPS) is 10.1. The van der Waals surface area contributed by atoms with Gasteiger partial charge in [0.15, 0.2) is 5.69 Å². The lowest BCUT2D eigenvalue weighted by Gasteiger charge is -2.01. The maximum absolute atomic E-state index is 11.2. The Hall–Kier alpha value is -2.17. The van der Waals surface area contributed by atoms with Gasteiger partial charge in [0.1, 0.15) is 0 Å². The zero-order chi connectivity index (χ0) is 11.5. The molecule has 5 nitrogen and oxygen atoms in total. The van der Waals surface area contributed by atoms with Gasteiger partial charge in [0, 0.05) is 18.1 Å². The van der Waals surface area contributed by atoms with Crippen LogP contribution in [0, 0.1) is 6.92 Å². The van der Waals surface area contributed by atoms with Crippen molar-refractivity contribution in [3.8, 4) is 5.69 Å². The summed E-state index contributed by atoms with van der Waals surface area (Å²) in [5, 5.41) is 4.11.